The molecule has 0 aromatic rings. The molecule has 1 saturated heterocycles. The molecule has 0 N–H and O–H groups in total. The Morgan fingerprint density at radius 1 is 1.73 bits per heavy atom. The highest BCUT2D eigenvalue weighted by Gasteiger charge is 2.37. The van der Waals surface area contributed by atoms with E-state index in [1.54, 1.807) is 6.92 Å². The zero-order valence-electron chi connectivity index (χ0n) is 6.49. The predicted octanol–water partition coefficient (Wildman–Crippen LogP) is 0.111. The van der Waals surface area contributed by atoms with Gasteiger partial charge in [-0.15, -0.1) is 0 Å². The first-order valence-electron chi connectivity index (χ1n) is 3.42. The molecule has 0 unspecified atom stereocenters. The second-order valence-electron chi connectivity index (χ2n) is 2.62. The number of cyclic esters (lactones) is 1. The summed E-state index contributed by atoms with van der Waals surface area (Å²) in [4.78, 5) is 21.5. The minimum Gasteiger partial charge on any atom is -0.466 e. The van der Waals surface area contributed by atoms with Crippen molar-refractivity contribution in [3.05, 3.63) is 0 Å². The fourth-order valence-electron chi connectivity index (χ4n) is 1.07. The summed E-state index contributed by atoms with van der Waals surface area (Å²) >= 11 is 0. The number of hydrogen-bond acceptors (Lipinski definition) is 4. The minimum absolute atomic E-state index is 0.0602. The average Bonchev–Trinajstić information content (AvgIpc) is 2.28. The summed E-state index contributed by atoms with van der Waals surface area (Å²) in [5, 5.41) is 0. The van der Waals surface area contributed by atoms with E-state index in [1.807, 2.05) is 0 Å². The molecular formula is C7H10O4. The number of carbonyl (C=O) groups excluding carboxylic acids is 2. The van der Waals surface area contributed by atoms with E-state index in [0.29, 0.717) is 6.42 Å². The van der Waals surface area contributed by atoms with Gasteiger partial charge in [0.25, 0.3) is 0 Å². The normalized spacial score (nSPS) is 29.8. The van der Waals surface area contributed by atoms with E-state index < -0.39 is 12.1 Å². The molecule has 0 amide bonds. The Hall–Kier alpha value is -1.06. The minimum atomic E-state index is -0.688. The van der Waals surface area contributed by atoms with Crippen LogP contribution in [0.3, 0.4) is 0 Å². The fraction of sp³-hybridized carbons (Fsp3) is 0.714. The van der Waals surface area contributed by atoms with Crippen LogP contribution in [0, 0.1) is 5.92 Å². The van der Waals surface area contributed by atoms with Gasteiger partial charge < -0.3 is 9.47 Å². The van der Waals surface area contributed by atoms with Crippen LogP contribution in [0.1, 0.15) is 13.3 Å². The van der Waals surface area contributed by atoms with E-state index in [4.69, 9.17) is 4.74 Å². The first-order valence-corrected chi connectivity index (χ1v) is 3.42. The van der Waals surface area contributed by atoms with Crippen LogP contribution < -0.4 is 0 Å². The number of ether oxygens (including phenoxy) is 2. The van der Waals surface area contributed by atoms with Gasteiger partial charge in [0, 0.05) is 5.92 Å². The van der Waals surface area contributed by atoms with Crippen molar-refractivity contribution in [2.24, 2.45) is 5.92 Å². The van der Waals surface area contributed by atoms with Crippen LogP contribution in [-0.2, 0) is 19.1 Å². The Labute approximate surface area is 64.5 Å². The van der Waals surface area contributed by atoms with Crippen LogP contribution in [0.15, 0.2) is 0 Å². The van der Waals surface area contributed by atoms with Crippen LogP contribution >= 0.6 is 0 Å². The van der Waals surface area contributed by atoms with Crippen molar-refractivity contribution in [1.82, 2.24) is 0 Å². The van der Waals surface area contributed by atoms with Gasteiger partial charge in [0.2, 0.25) is 6.10 Å². The van der Waals surface area contributed by atoms with E-state index in [9.17, 15) is 9.59 Å². The van der Waals surface area contributed by atoms with Gasteiger partial charge >= 0.3 is 11.9 Å². The third-order valence-corrected chi connectivity index (χ3v) is 1.70. The van der Waals surface area contributed by atoms with Crippen molar-refractivity contribution < 1.29 is 19.1 Å². The molecule has 1 aliphatic heterocycles. The lowest BCUT2D eigenvalue weighted by atomic mass is 10.0. The second-order valence-corrected chi connectivity index (χ2v) is 2.62. The zero-order chi connectivity index (χ0) is 8.43. The molecule has 1 rings (SSSR count). The zero-order valence-corrected chi connectivity index (χ0v) is 6.49. The van der Waals surface area contributed by atoms with Crippen LogP contribution in [0.2, 0.25) is 0 Å². The lowest BCUT2D eigenvalue weighted by Gasteiger charge is -2.09. The topological polar surface area (TPSA) is 52.6 Å². The monoisotopic (exact) mass is 158 g/mol. The van der Waals surface area contributed by atoms with Gasteiger partial charge in [-0.2, -0.15) is 0 Å². The molecule has 0 saturated carbocycles. The van der Waals surface area contributed by atoms with Crippen molar-refractivity contribution in [2.75, 3.05) is 7.11 Å². The maximum atomic E-state index is 10.9. The number of rotatable bonds is 1. The van der Waals surface area contributed by atoms with Crippen molar-refractivity contribution in [1.29, 1.82) is 0 Å². The van der Waals surface area contributed by atoms with Crippen molar-refractivity contribution in [3.8, 4) is 0 Å². The number of esters is 2. The number of carbonyl (C=O) groups is 2. The summed E-state index contributed by atoms with van der Waals surface area (Å²) in [6, 6.07) is 0. The third-order valence-electron chi connectivity index (χ3n) is 1.70. The molecule has 0 radical (unpaired) electrons. The van der Waals surface area contributed by atoms with Gasteiger partial charge in [-0.1, -0.05) is 6.92 Å². The summed E-state index contributed by atoms with van der Waals surface area (Å²) in [6.07, 6.45) is -0.382. The van der Waals surface area contributed by atoms with Gasteiger partial charge in [0.05, 0.1) is 13.5 Å². The molecule has 0 bridgehead atoms. The molecule has 4 heteroatoms. The molecule has 4 nitrogen and oxygen atoms in total. The molecular weight excluding hydrogens is 148 g/mol. The largest absolute Gasteiger partial charge is 0.466 e. The van der Waals surface area contributed by atoms with Crippen LogP contribution in [0.5, 0.6) is 0 Å². The lowest BCUT2D eigenvalue weighted by molar-refractivity contribution is -0.160. The maximum absolute atomic E-state index is 10.9. The summed E-state index contributed by atoms with van der Waals surface area (Å²) in [5.41, 5.74) is 0. The van der Waals surface area contributed by atoms with E-state index in [0.717, 1.165) is 0 Å². The van der Waals surface area contributed by atoms with E-state index in [-0.39, 0.29) is 11.9 Å². The molecule has 1 fully saturated rings. The SMILES string of the molecule is COC(=O)[C@@H]1OC(=O)C[C@H]1C. The number of methoxy groups -OCH3 is 1. The Balaban J connectivity index is 2.59. The predicted molar refractivity (Wildman–Crippen MR) is 35.7 cm³/mol. The summed E-state index contributed by atoms with van der Waals surface area (Å²) in [7, 11) is 1.28. The summed E-state index contributed by atoms with van der Waals surface area (Å²) in [5.74, 6) is -0.855. The van der Waals surface area contributed by atoms with Gasteiger partial charge in [-0.3, -0.25) is 4.79 Å². The lowest BCUT2D eigenvalue weighted by Crippen LogP contribution is -2.26. The van der Waals surface area contributed by atoms with E-state index >= 15 is 0 Å². The molecule has 0 aromatic carbocycles. The first kappa shape index (κ1) is 8.04. The van der Waals surface area contributed by atoms with Crippen LogP contribution in [0.4, 0.5) is 0 Å². The summed E-state index contributed by atoms with van der Waals surface area (Å²) < 4.78 is 9.15. The fourth-order valence-corrected chi connectivity index (χ4v) is 1.07. The molecule has 2 atom stereocenters. The van der Waals surface area contributed by atoms with E-state index in [2.05, 4.69) is 4.74 Å². The summed E-state index contributed by atoms with van der Waals surface area (Å²) in [6.45, 7) is 1.78. The van der Waals surface area contributed by atoms with Gasteiger partial charge in [0.15, 0.2) is 0 Å². The smallest absolute Gasteiger partial charge is 0.347 e. The van der Waals surface area contributed by atoms with Crippen molar-refractivity contribution in [3.63, 3.8) is 0 Å². The van der Waals surface area contributed by atoms with Crippen LogP contribution in [0.25, 0.3) is 0 Å². The highest BCUT2D eigenvalue weighted by atomic mass is 16.6. The molecule has 1 aliphatic rings. The highest BCUT2D eigenvalue weighted by molar-refractivity contribution is 5.83. The second kappa shape index (κ2) is 2.90. The Morgan fingerprint density at radius 2 is 2.36 bits per heavy atom. The Kier molecular flexibility index (Phi) is 2.12. The molecule has 11 heavy (non-hydrogen) atoms. The molecule has 0 aliphatic carbocycles. The Bertz CT molecular complexity index is 187. The van der Waals surface area contributed by atoms with Gasteiger partial charge in [-0.05, 0) is 0 Å². The van der Waals surface area contributed by atoms with E-state index in [1.165, 1.54) is 7.11 Å². The number of hydrogen-bond donors (Lipinski definition) is 0. The van der Waals surface area contributed by atoms with Crippen molar-refractivity contribution in [2.45, 2.75) is 19.4 Å². The highest BCUT2D eigenvalue weighted by Crippen LogP contribution is 2.21. The van der Waals surface area contributed by atoms with Gasteiger partial charge in [-0.25, -0.2) is 4.79 Å². The Morgan fingerprint density at radius 3 is 2.73 bits per heavy atom. The van der Waals surface area contributed by atoms with Crippen LogP contribution in [-0.4, -0.2) is 25.2 Å². The third kappa shape index (κ3) is 1.50. The maximum Gasteiger partial charge on any atom is 0.347 e. The molecule has 1 heterocycles. The van der Waals surface area contributed by atoms with Gasteiger partial charge in [0.1, 0.15) is 0 Å². The van der Waals surface area contributed by atoms with Crippen molar-refractivity contribution >= 4 is 11.9 Å². The first-order chi connectivity index (χ1) is 5.15. The molecule has 0 aromatic heterocycles. The standard InChI is InChI=1S/C7H10O4/c1-4-3-5(8)11-6(4)7(9)10-2/h4,6H,3H2,1-2H3/t4-,6-/m1/s1. The average molecular weight is 158 g/mol. The quantitative estimate of drug-likeness (QED) is 0.508. The molecule has 0 spiro atoms. The molecule has 62 valence electrons.